The predicted molar refractivity (Wildman–Crippen MR) is 93.8 cm³/mol. The molecule has 0 aromatic heterocycles. The summed E-state index contributed by atoms with van der Waals surface area (Å²) in [6.07, 6.45) is 1.89. The molecule has 0 spiro atoms. The third kappa shape index (κ3) is 4.04. The molecule has 1 aliphatic rings. The number of amides is 2. The van der Waals surface area contributed by atoms with Gasteiger partial charge < -0.3 is 20.1 Å². The van der Waals surface area contributed by atoms with E-state index in [1.807, 2.05) is 24.3 Å². The molecule has 1 aliphatic heterocycles. The molecule has 128 valence electrons. The average molecular weight is 328 g/mol. The van der Waals surface area contributed by atoms with Crippen molar-refractivity contribution in [2.24, 2.45) is 0 Å². The van der Waals surface area contributed by atoms with Gasteiger partial charge in [-0.1, -0.05) is 42.5 Å². The zero-order valence-corrected chi connectivity index (χ0v) is 13.8. The van der Waals surface area contributed by atoms with Crippen LogP contribution in [0.1, 0.15) is 18.4 Å². The first kappa shape index (κ1) is 16.7. The van der Waals surface area contributed by atoms with E-state index in [4.69, 9.17) is 9.84 Å². The Morgan fingerprint density at radius 2 is 2.08 bits per heavy atom. The first-order valence-corrected chi connectivity index (χ1v) is 8.50. The van der Waals surface area contributed by atoms with Crippen LogP contribution in [0.25, 0.3) is 10.8 Å². The van der Waals surface area contributed by atoms with Gasteiger partial charge in [0.1, 0.15) is 0 Å². The highest BCUT2D eigenvalue weighted by Crippen LogP contribution is 2.18. The van der Waals surface area contributed by atoms with Crippen LogP contribution in [0.3, 0.4) is 0 Å². The smallest absolute Gasteiger partial charge is 0.317 e. The molecule has 2 aromatic carbocycles. The van der Waals surface area contributed by atoms with Gasteiger partial charge in [0.05, 0.1) is 19.3 Å². The summed E-state index contributed by atoms with van der Waals surface area (Å²) < 4.78 is 5.56. The maximum Gasteiger partial charge on any atom is 0.317 e. The summed E-state index contributed by atoms with van der Waals surface area (Å²) in [5.41, 5.74) is 1.12. The summed E-state index contributed by atoms with van der Waals surface area (Å²) >= 11 is 0. The molecule has 0 saturated carbocycles. The Labute approximate surface area is 142 Å². The fourth-order valence-electron chi connectivity index (χ4n) is 3.21. The van der Waals surface area contributed by atoms with Crippen molar-refractivity contribution in [2.45, 2.75) is 25.5 Å². The highest BCUT2D eigenvalue weighted by molar-refractivity contribution is 5.86. The number of aliphatic hydroxyl groups excluding tert-OH is 1. The molecule has 2 aromatic rings. The molecule has 0 radical (unpaired) electrons. The lowest BCUT2D eigenvalue weighted by molar-refractivity contribution is -0.00580. The summed E-state index contributed by atoms with van der Waals surface area (Å²) in [7, 11) is 0. The van der Waals surface area contributed by atoms with Crippen LogP contribution in [-0.4, -0.2) is 48.4 Å². The normalized spacial score (nSPS) is 17.9. The zero-order valence-electron chi connectivity index (χ0n) is 13.8. The van der Waals surface area contributed by atoms with Gasteiger partial charge in [-0.05, 0) is 29.2 Å². The number of fused-ring (bicyclic) bond motifs is 1. The van der Waals surface area contributed by atoms with E-state index in [-0.39, 0.29) is 18.7 Å². The van der Waals surface area contributed by atoms with Crippen molar-refractivity contribution < 1.29 is 14.6 Å². The Bertz CT molecular complexity index is 684. The van der Waals surface area contributed by atoms with Gasteiger partial charge in [0.25, 0.3) is 0 Å². The summed E-state index contributed by atoms with van der Waals surface area (Å²) in [5.74, 6) is 0. The third-order valence-corrected chi connectivity index (χ3v) is 4.42. The van der Waals surface area contributed by atoms with E-state index < -0.39 is 0 Å². The van der Waals surface area contributed by atoms with Gasteiger partial charge in [-0.15, -0.1) is 0 Å². The second-order valence-corrected chi connectivity index (χ2v) is 6.10. The number of aliphatic hydroxyl groups is 1. The van der Waals surface area contributed by atoms with Crippen LogP contribution in [0.5, 0.6) is 0 Å². The van der Waals surface area contributed by atoms with Crippen LogP contribution in [-0.2, 0) is 11.3 Å². The molecule has 1 saturated heterocycles. The van der Waals surface area contributed by atoms with Crippen molar-refractivity contribution in [3.63, 3.8) is 0 Å². The number of ether oxygens (including phenoxy) is 1. The van der Waals surface area contributed by atoms with E-state index in [0.29, 0.717) is 19.7 Å². The number of hydrogen-bond donors (Lipinski definition) is 2. The molecule has 1 fully saturated rings. The van der Waals surface area contributed by atoms with Crippen LogP contribution >= 0.6 is 0 Å². The standard InChI is InChI=1S/C19H24N2O3/c22-11-12-24-17-8-4-10-21(14-17)19(23)20-13-16-7-3-6-15-5-1-2-9-18(15)16/h1-3,5-7,9,17,22H,4,8,10-14H2,(H,20,23)/t17-/m1/s1. The van der Waals surface area contributed by atoms with Crippen molar-refractivity contribution in [2.75, 3.05) is 26.3 Å². The summed E-state index contributed by atoms with van der Waals surface area (Å²) in [5, 5.41) is 14.2. The molecule has 1 heterocycles. The summed E-state index contributed by atoms with van der Waals surface area (Å²) in [4.78, 5) is 14.2. The highest BCUT2D eigenvalue weighted by atomic mass is 16.5. The number of urea groups is 1. The fraction of sp³-hybridized carbons (Fsp3) is 0.421. The minimum Gasteiger partial charge on any atom is -0.394 e. The summed E-state index contributed by atoms with van der Waals surface area (Å²) in [6, 6.07) is 14.3. The Balaban J connectivity index is 1.58. The molecule has 24 heavy (non-hydrogen) atoms. The van der Waals surface area contributed by atoms with Gasteiger partial charge in [0, 0.05) is 19.6 Å². The predicted octanol–water partition coefficient (Wildman–Crippen LogP) is 2.52. The first-order valence-electron chi connectivity index (χ1n) is 8.50. The molecule has 5 heteroatoms. The maximum atomic E-state index is 12.4. The van der Waals surface area contributed by atoms with E-state index in [1.165, 1.54) is 10.8 Å². The Morgan fingerprint density at radius 1 is 1.25 bits per heavy atom. The fourth-order valence-corrected chi connectivity index (χ4v) is 3.21. The van der Waals surface area contributed by atoms with E-state index in [0.717, 1.165) is 24.9 Å². The molecule has 0 bridgehead atoms. The molecular formula is C19H24N2O3. The molecule has 2 N–H and O–H groups in total. The third-order valence-electron chi connectivity index (χ3n) is 4.42. The van der Waals surface area contributed by atoms with Crippen molar-refractivity contribution in [3.8, 4) is 0 Å². The molecular weight excluding hydrogens is 304 g/mol. The van der Waals surface area contributed by atoms with Crippen LogP contribution in [0.4, 0.5) is 4.79 Å². The number of rotatable bonds is 5. The molecule has 0 unspecified atom stereocenters. The van der Waals surface area contributed by atoms with Crippen LogP contribution in [0, 0.1) is 0 Å². The zero-order chi connectivity index (χ0) is 16.8. The number of hydrogen-bond acceptors (Lipinski definition) is 3. The topological polar surface area (TPSA) is 61.8 Å². The Kier molecular flexibility index (Phi) is 5.67. The van der Waals surface area contributed by atoms with Gasteiger partial charge in [-0.25, -0.2) is 4.79 Å². The van der Waals surface area contributed by atoms with Gasteiger partial charge in [-0.2, -0.15) is 0 Å². The van der Waals surface area contributed by atoms with Crippen molar-refractivity contribution >= 4 is 16.8 Å². The van der Waals surface area contributed by atoms with Crippen molar-refractivity contribution in [3.05, 3.63) is 48.0 Å². The molecule has 3 rings (SSSR count). The van der Waals surface area contributed by atoms with Gasteiger partial charge in [-0.3, -0.25) is 0 Å². The van der Waals surface area contributed by atoms with Crippen molar-refractivity contribution in [1.29, 1.82) is 0 Å². The van der Waals surface area contributed by atoms with E-state index in [1.54, 1.807) is 4.90 Å². The molecule has 2 amide bonds. The molecule has 1 atom stereocenters. The number of nitrogens with one attached hydrogen (secondary N) is 1. The van der Waals surface area contributed by atoms with Crippen LogP contribution in [0.2, 0.25) is 0 Å². The van der Waals surface area contributed by atoms with Crippen LogP contribution < -0.4 is 5.32 Å². The minimum absolute atomic E-state index is 0.0176. The van der Waals surface area contributed by atoms with E-state index >= 15 is 0 Å². The Hall–Kier alpha value is -2.11. The lowest BCUT2D eigenvalue weighted by Gasteiger charge is -2.32. The quantitative estimate of drug-likeness (QED) is 0.886. The molecule has 0 aliphatic carbocycles. The second-order valence-electron chi connectivity index (χ2n) is 6.10. The monoisotopic (exact) mass is 328 g/mol. The van der Waals surface area contributed by atoms with Crippen molar-refractivity contribution in [1.82, 2.24) is 10.2 Å². The van der Waals surface area contributed by atoms with E-state index in [9.17, 15) is 4.79 Å². The second kappa shape index (κ2) is 8.13. The number of carbonyl (C=O) groups is 1. The number of piperidine rings is 1. The Morgan fingerprint density at radius 3 is 2.96 bits per heavy atom. The largest absolute Gasteiger partial charge is 0.394 e. The van der Waals surface area contributed by atoms with Gasteiger partial charge in [0.15, 0.2) is 0 Å². The highest BCUT2D eigenvalue weighted by Gasteiger charge is 2.23. The SMILES string of the molecule is O=C(NCc1cccc2ccccc12)N1CCC[C@@H](OCCO)C1. The number of nitrogens with zero attached hydrogens (tertiary/aromatic N) is 1. The van der Waals surface area contributed by atoms with Gasteiger partial charge in [0.2, 0.25) is 0 Å². The van der Waals surface area contributed by atoms with Gasteiger partial charge >= 0.3 is 6.03 Å². The number of likely N-dealkylation sites (tertiary alicyclic amines) is 1. The lowest BCUT2D eigenvalue weighted by atomic mass is 10.0. The molecule has 5 nitrogen and oxygen atoms in total. The maximum absolute atomic E-state index is 12.4. The number of benzene rings is 2. The van der Waals surface area contributed by atoms with Crippen LogP contribution in [0.15, 0.2) is 42.5 Å². The first-order chi connectivity index (χ1) is 11.8. The average Bonchev–Trinajstić information content (AvgIpc) is 2.64. The number of carbonyl (C=O) groups excluding carboxylic acids is 1. The van der Waals surface area contributed by atoms with E-state index in [2.05, 4.69) is 23.5 Å². The summed E-state index contributed by atoms with van der Waals surface area (Å²) in [6.45, 7) is 2.19. The minimum atomic E-state index is -0.0553. The lowest BCUT2D eigenvalue weighted by Crippen LogP contribution is -2.47.